The van der Waals surface area contributed by atoms with E-state index in [1.54, 1.807) is 18.7 Å². The number of imidazole rings is 2. The zero-order valence-electron chi connectivity index (χ0n) is 21.0. The monoisotopic (exact) mass is 507 g/mol. The summed E-state index contributed by atoms with van der Waals surface area (Å²) in [6.07, 6.45) is 7.66. The Morgan fingerprint density at radius 3 is 2.57 bits per heavy atom. The van der Waals surface area contributed by atoms with Crippen molar-refractivity contribution in [3.63, 3.8) is 0 Å². The summed E-state index contributed by atoms with van der Waals surface area (Å²) < 4.78 is 9.95. The molecule has 3 N–H and O–H groups in total. The Hall–Kier alpha value is -3.28. The number of phenols is 1. The zero-order valence-corrected chi connectivity index (χ0v) is 21.0. The largest absolute Gasteiger partial charge is 0.506 e. The average Bonchev–Trinajstić information content (AvgIpc) is 3.57. The molecule has 4 aromatic rings. The lowest BCUT2D eigenvalue weighted by molar-refractivity contribution is -0.0298. The number of aromatic nitrogens is 6. The van der Waals surface area contributed by atoms with Gasteiger partial charge in [-0.25, -0.2) is 15.0 Å². The SMILES string of the molecule is CCn1cnc2cc(-c3nc(N4CCC(CO)(CO)CC4)nc4c3ncn4C3CCCCO3)cc(O)c21. The molecule has 1 unspecified atom stereocenters. The Balaban J connectivity index is 1.48. The third kappa shape index (κ3) is 4.11. The second kappa shape index (κ2) is 9.55. The van der Waals surface area contributed by atoms with Gasteiger partial charge in [-0.2, -0.15) is 4.98 Å². The molecule has 2 fully saturated rings. The quantitative estimate of drug-likeness (QED) is 0.360. The molecule has 2 saturated heterocycles. The Labute approximate surface area is 214 Å². The van der Waals surface area contributed by atoms with Crippen molar-refractivity contribution in [2.45, 2.75) is 51.8 Å². The smallest absolute Gasteiger partial charge is 0.228 e. The highest BCUT2D eigenvalue weighted by Crippen LogP contribution is 2.37. The predicted octanol–water partition coefficient (Wildman–Crippen LogP) is 2.84. The second-order valence-electron chi connectivity index (χ2n) is 10.2. The highest BCUT2D eigenvalue weighted by Gasteiger charge is 2.35. The molecule has 0 spiro atoms. The Kier molecular flexibility index (Phi) is 6.21. The first-order valence-corrected chi connectivity index (χ1v) is 13.1. The van der Waals surface area contributed by atoms with Crippen LogP contribution in [0.5, 0.6) is 5.75 Å². The lowest BCUT2D eigenvalue weighted by Gasteiger charge is -2.39. The third-order valence-corrected chi connectivity index (χ3v) is 7.96. The topological polar surface area (TPSA) is 135 Å². The maximum atomic E-state index is 10.9. The van der Waals surface area contributed by atoms with Crippen molar-refractivity contribution < 1.29 is 20.1 Å². The summed E-state index contributed by atoms with van der Waals surface area (Å²) in [7, 11) is 0. The fourth-order valence-corrected chi connectivity index (χ4v) is 5.51. The van der Waals surface area contributed by atoms with Crippen LogP contribution in [0.25, 0.3) is 33.5 Å². The van der Waals surface area contributed by atoms with Gasteiger partial charge in [-0.1, -0.05) is 0 Å². The van der Waals surface area contributed by atoms with Gasteiger partial charge in [-0.05, 0) is 51.2 Å². The van der Waals surface area contributed by atoms with Gasteiger partial charge in [-0.3, -0.25) is 4.57 Å². The van der Waals surface area contributed by atoms with Gasteiger partial charge >= 0.3 is 0 Å². The van der Waals surface area contributed by atoms with Gasteiger partial charge in [0.15, 0.2) is 5.65 Å². The molecule has 3 aromatic heterocycles. The number of benzene rings is 1. The minimum atomic E-state index is -0.476. The highest BCUT2D eigenvalue weighted by molar-refractivity contribution is 5.94. The van der Waals surface area contributed by atoms with E-state index in [1.165, 1.54) is 0 Å². The Bertz CT molecular complexity index is 1410. The number of phenolic OH excluding ortho intramolecular Hbond substituents is 1. The van der Waals surface area contributed by atoms with Crippen molar-refractivity contribution in [2.75, 3.05) is 37.8 Å². The minimum Gasteiger partial charge on any atom is -0.506 e. The summed E-state index contributed by atoms with van der Waals surface area (Å²) in [4.78, 5) is 21.2. The number of aliphatic hydroxyl groups excluding tert-OH is 2. The number of aliphatic hydroxyl groups is 2. The van der Waals surface area contributed by atoms with Gasteiger partial charge in [0.05, 0.1) is 31.4 Å². The van der Waals surface area contributed by atoms with Gasteiger partial charge in [0.25, 0.3) is 0 Å². The fraction of sp³-hybridized carbons (Fsp3) is 0.538. The molecule has 196 valence electrons. The summed E-state index contributed by atoms with van der Waals surface area (Å²) in [5.74, 6) is 0.701. The molecule has 0 saturated carbocycles. The van der Waals surface area contributed by atoms with Crippen LogP contribution in [0.4, 0.5) is 5.95 Å². The molecular weight excluding hydrogens is 474 g/mol. The molecule has 6 rings (SSSR count). The molecule has 11 heteroatoms. The first-order valence-electron chi connectivity index (χ1n) is 13.1. The molecule has 1 aromatic carbocycles. The standard InChI is InChI=1S/C26H33N7O4/c1-2-31-15-27-18-11-17(12-19(36)23(18)31)21-22-24(33(16-28-22)20-5-3-4-10-37-20)30-25(29-21)32-8-6-26(13-34,14-35)7-9-32/h11-12,15-16,20,34-36H,2-10,13-14H2,1H3. The molecule has 0 bridgehead atoms. The van der Waals surface area contributed by atoms with E-state index >= 15 is 0 Å². The molecule has 2 aliphatic rings. The first-order chi connectivity index (χ1) is 18.1. The highest BCUT2D eigenvalue weighted by atomic mass is 16.5. The van der Waals surface area contributed by atoms with Crippen LogP contribution in [0, 0.1) is 5.41 Å². The van der Waals surface area contributed by atoms with Crippen LogP contribution in [0.15, 0.2) is 24.8 Å². The number of hydrogen-bond donors (Lipinski definition) is 3. The first kappa shape index (κ1) is 24.1. The van der Waals surface area contributed by atoms with Crippen LogP contribution in [0.2, 0.25) is 0 Å². The number of hydrogen-bond acceptors (Lipinski definition) is 9. The molecule has 5 heterocycles. The molecule has 0 radical (unpaired) electrons. The van der Waals surface area contributed by atoms with E-state index in [2.05, 4.69) is 9.88 Å². The molecule has 11 nitrogen and oxygen atoms in total. The fourth-order valence-electron chi connectivity index (χ4n) is 5.51. The van der Waals surface area contributed by atoms with E-state index in [0.29, 0.717) is 78.5 Å². The van der Waals surface area contributed by atoms with E-state index in [1.807, 2.05) is 22.1 Å². The van der Waals surface area contributed by atoms with E-state index in [-0.39, 0.29) is 25.2 Å². The van der Waals surface area contributed by atoms with Gasteiger partial charge in [0, 0.05) is 37.2 Å². The molecule has 1 atom stereocenters. The van der Waals surface area contributed by atoms with Crippen LogP contribution in [0.1, 0.15) is 45.3 Å². The number of nitrogens with zero attached hydrogens (tertiary/aromatic N) is 7. The maximum Gasteiger partial charge on any atom is 0.228 e. The lowest BCUT2D eigenvalue weighted by Crippen LogP contribution is -2.44. The van der Waals surface area contributed by atoms with Crippen molar-refractivity contribution in [1.29, 1.82) is 0 Å². The van der Waals surface area contributed by atoms with Crippen LogP contribution >= 0.6 is 0 Å². The van der Waals surface area contributed by atoms with Gasteiger partial charge in [0.1, 0.15) is 28.7 Å². The molecular formula is C26H33N7O4. The summed E-state index contributed by atoms with van der Waals surface area (Å²) in [6.45, 7) is 4.56. The number of fused-ring (bicyclic) bond motifs is 2. The third-order valence-electron chi connectivity index (χ3n) is 7.96. The summed E-state index contributed by atoms with van der Waals surface area (Å²) >= 11 is 0. The predicted molar refractivity (Wildman–Crippen MR) is 138 cm³/mol. The van der Waals surface area contributed by atoms with Gasteiger partial charge in [0.2, 0.25) is 5.95 Å². The lowest BCUT2D eigenvalue weighted by atomic mass is 9.80. The van der Waals surface area contributed by atoms with Gasteiger partial charge in [-0.15, -0.1) is 0 Å². The van der Waals surface area contributed by atoms with Gasteiger partial charge < -0.3 is 29.5 Å². The Morgan fingerprint density at radius 1 is 1.05 bits per heavy atom. The Morgan fingerprint density at radius 2 is 1.86 bits per heavy atom. The normalized spacial score (nSPS) is 20.2. The summed E-state index contributed by atoms with van der Waals surface area (Å²) in [5.41, 5.74) is 3.57. The van der Waals surface area contributed by atoms with Crippen molar-refractivity contribution in [3.8, 4) is 17.0 Å². The number of rotatable bonds is 6. The molecule has 0 aliphatic carbocycles. The number of anilines is 1. The van der Waals surface area contributed by atoms with E-state index in [4.69, 9.17) is 19.7 Å². The van der Waals surface area contributed by atoms with Crippen LogP contribution in [-0.4, -0.2) is 77.3 Å². The zero-order chi connectivity index (χ0) is 25.6. The van der Waals surface area contributed by atoms with Crippen molar-refractivity contribution >= 4 is 28.1 Å². The van der Waals surface area contributed by atoms with E-state index in [0.717, 1.165) is 19.3 Å². The van der Waals surface area contributed by atoms with Crippen LogP contribution in [0.3, 0.4) is 0 Å². The van der Waals surface area contributed by atoms with E-state index < -0.39 is 5.41 Å². The van der Waals surface area contributed by atoms with Crippen molar-refractivity contribution in [1.82, 2.24) is 29.1 Å². The molecule has 0 amide bonds. The van der Waals surface area contributed by atoms with Crippen molar-refractivity contribution in [2.24, 2.45) is 5.41 Å². The van der Waals surface area contributed by atoms with Crippen molar-refractivity contribution in [3.05, 3.63) is 24.8 Å². The summed E-state index contributed by atoms with van der Waals surface area (Å²) in [6, 6.07) is 3.65. The van der Waals surface area contributed by atoms with Crippen LogP contribution in [-0.2, 0) is 11.3 Å². The van der Waals surface area contributed by atoms with Crippen LogP contribution < -0.4 is 4.90 Å². The number of ether oxygens (including phenoxy) is 1. The average molecular weight is 508 g/mol. The number of piperidine rings is 1. The maximum absolute atomic E-state index is 10.9. The molecule has 37 heavy (non-hydrogen) atoms. The van der Waals surface area contributed by atoms with E-state index in [9.17, 15) is 15.3 Å². The number of aryl methyl sites for hydroxylation is 1. The summed E-state index contributed by atoms with van der Waals surface area (Å²) in [5, 5.41) is 30.6. The minimum absolute atomic E-state index is 0.0437. The number of aromatic hydroxyl groups is 1. The molecule has 2 aliphatic heterocycles. The second-order valence-corrected chi connectivity index (χ2v) is 10.2.